The second-order valence-corrected chi connectivity index (χ2v) is 5.00. The van der Waals surface area contributed by atoms with Crippen molar-refractivity contribution < 1.29 is 4.79 Å². The molecule has 3 rings (SSSR count). The number of halogens is 1. The van der Waals surface area contributed by atoms with E-state index in [0.717, 1.165) is 5.69 Å². The molecule has 2 aromatic heterocycles. The van der Waals surface area contributed by atoms with Crippen LogP contribution in [-0.2, 0) is 0 Å². The Bertz CT molecular complexity index is 870. The summed E-state index contributed by atoms with van der Waals surface area (Å²) in [5.41, 5.74) is 6.74. The van der Waals surface area contributed by atoms with Crippen molar-refractivity contribution in [3.63, 3.8) is 0 Å². The van der Waals surface area contributed by atoms with Gasteiger partial charge in [-0.3, -0.25) is 9.78 Å². The van der Waals surface area contributed by atoms with Crippen LogP contribution in [-0.4, -0.2) is 25.8 Å². The predicted molar refractivity (Wildman–Crippen MR) is 86.3 cm³/mol. The van der Waals surface area contributed by atoms with Gasteiger partial charge in [0.1, 0.15) is 12.0 Å². The van der Waals surface area contributed by atoms with Gasteiger partial charge in [-0.15, -0.1) is 0 Å². The fourth-order valence-electron chi connectivity index (χ4n) is 1.90. The van der Waals surface area contributed by atoms with Crippen LogP contribution in [0.1, 0.15) is 10.5 Å². The van der Waals surface area contributed by atoms with E-state index in [4.69, 9.17) is 17.3 Å². The lowest BCUT2D eigenvalue weighted by Crippen LogP contribution is -2.12. The lowest BCUT2D eigenvalue weighted by molar-refractivity contribution is 0.0995. The summed E-state index contributed by atoms with van der Waals surface area (Å²) in [5, 5.41) is 3.64. The second kappa shape index (κ2) is 6.37. The van der Waals surface area contributed by atoms with Crippen molar-refractivity contribution in [2.24, 2.45) is 5.73 Å². The normalized spacial score (nSPS) is 10.3. The fourth-order valence-corrected chi connectivity index (χ4v) is 2.09. The summed E-state index contributed by atoms with van der Waals surface area (Å²) in [6.07, 6.45) is 2.85. The highest BCUT2D eigenvalue weighted by atomic mass is 35.5. The third kappa shape index (κ3) is 3.58. The molecule has 0 fully saturated rings. The minimum atomic E-state index is -0.613. The molecular formula is C15H11ClN6O. The van der Waals surface area contributed by atoms with Gasteiger partial charge < -0.3 is 11.1 Å². The molecule has 0 aliphatic rings. The van der Waals surface area contributed by atoms with Gasteiger partial charge in [0.2, 0.25) is 5.95 Å². The molecule has 0 bridgehead atoms. The highest BCUT2D eigenvalue weighted by Gasteiger charge is 2.08. The summed E-state index contributed by atoms with van der Waals surface area (Å²) in [5.74, 6) is 0.141. The van der Waals surface area contributed by atoms with E-state index in [1.807, 2.05) is 12.1 Å². The van der Waals surface area contributed by atoms with Gasteiger partial charge >= 0.3 is 0 Å². The van der Waals surface area contributed by atoms with E-state index in [-0.39, 0.29) is 5.69 Å². The maximum absolute atomic E-state index is 11.2. The predicted octanol–water partition coefficient (Wildman–Crippen LogP) is 2.43. The quantitative estimate of drug-likeness (QED) is 0.762. The summed E-state index contributed by atoms with van der Waals surface area (Å²) < 4.78 is 0. The molecule has 0 aliphatic heterocycles. The van der Waals surface area contributed by atoms with Crippen LogP contribution >= 0.6 is 11.6 Å². The largest absolute Gasteiger partial charge is 0.364 e. The number of pyridine rings is 1. The van der Waals surface area contributed by atoms with Crippen LogP contribution in [0.5, 0.6) is 0 Å². The molecule has 0 radical (unpaired) electrons. The van der Waals surface area contributed by atoms with E-state index >= 15 is 0 Å². The molecular weight excluding hydrogens is 316 g/mol. The molecule has 0 aliphatic carbocycles. The summed E-state index contributed by atoms with van der Waals surface area (Å²) in [6, 6.07) is 10.4. The lowest BCUT2D eigenvalue weighted by atomic mass is 10.2. The van der Waals surface area contributed by atoms with Gasteiger partial charge in [-0.2, -0.15) is 4.98 Å². The van der Waals surface area contributed by atoms with Gasteiger partial charge in [0.25, 0.3) is 5.91 Å². The molecule has 0 spiro atoms. The Kier molecular flexibility index (Phi) is 4.11. The molecule has 0 saturated carbocycles. The van der Waals surface area contributed by atoms with Crippen LogP contribution in [0.4, 0.5) is 11.6 Å². The molecule has 0 saturated heterocycles. The zero-order chi connectivity index (χ0) is 16.2. The van der Waals surface area contributed by atoms with Crippen LogP contribution in [0, 0.1) is 0 Å². The minimum Gasteiger partial charge on any atom is -0.364 e. The number of nitrogens with zero attached hydrogens (tertiary/aromatic N) is 4. The maximum Gasteiger partial charge on any atom is 0.267 e. The molecule has 1 aromatic carbocycles. The summed E-state index contributed by atoms with van der Waals surface area (Å²) in [7, 11) is 0. The summed E-state index contributed by atoms with van der Waals surface area (Å²) >= 11 is 5.94. The monoisotopic (exact) mass is 326 g/mol. The number of nitrogens with one attached hydrogen (secondary N) is 1. The number of amides is 1. The topological polar surface area (TPSA) is 107 Å². The van der Waals surface area contributed by atoms with Crippen LogP contribution in [0.15, 0.2) is 48.9 Å². The Balaban J connectivity index is 1.91. The average Bonchev–Trinajstić information content (AvgIpc) is 2.55. The highest BCUT2D eigenvalue weighted by molar-refractivity contribution is 6.30. The molecule has 2 heterocycles. The highest BCUT2D eigenvalue weighted by Crippen LogP contribution is 2.20. The van der Waals surface area contributed by atoms with Crippen LogP contribution in [0.3, 0.4) is 0 Å². The van der Waals surface area contributed by atoms with Crippen LogP contribution in [0.2, 0.25) is 5.02 Å². The smallest absolute Gasteiger partial charge is 0.267 e. The number of carbonyl (C=O) groups excluding carboxylic acids is 1. The first-order chi connectivity index (χ1) is 11.1. The SMILES string of the molecule is NC(=O)c1cc(-c2ncnc(Nc3cccc(Cl)c3)n2)ccn1. The van der Waals surface area contributed by atoms with Crippen molar-refractivity contribution in [3.05, 3.63) is 59.6 Å². The lowest BCUT2D eigenvalue weighted by Gasteiger charge is -2.06. The van der Waals surface area contributed by atoms with Crippen molar-refractivity contribution in [3.8, 4) is 11.4 Å². The van der Waals surface area contributed by atoms with Crippen molar-refractivity contribution >= 4 is 29.1 Å². The standard InChI is InChI=1S/C15H11ClN6O/c16-10-2-1-3-11(7-10)21-15-20-8-19-14(22-15)9-4-5-18-12(6-9)13(17)23/h1-8H,(H2,17,23)(H,19,20,21,22). The van der Waals surface area contributed by atoms with Crippen LogP contribution in [0.25, 0.3) is 11.4 Å². The Morgan fingerprint density at radius 2 is 2.00 bits per heavy atom. The number of primary amides is 1. The van der Waals surface area contributed by atoms with Gasteiger partial charge in [0.05, 0.1) is 0 Å². The third-order valence-electron chi connectivity index (χ3n) is 2.92. The number of aromatic nitrogens is 4. The second-order valence-electron chi connectivity index (χ2n) is 4.56. The van der Waals surface area contributed by atoms with Crippen LogP contribution < -0.4 is 11.1 Å². The number of rotatable bonds is 4. The third-order valence-corrected chi connectivity index (χ3v) is 3.16. The van der Waals surface area contributed by atoms with E-state index in [0.29, 0.717) is 22.4 Å². The summed E-state index contributed by atoms with van der Waals surface area (Å²) in [6.45, 7) is 0. The van der Waals surface area contributed by atoms with Gasteiger partial charge in [0.15, 0.2) is 5.82 Å². The fraction of sp³-hybridized carbons (Fsp3) is 0. The first kappa shape index (κ1) is 14.9. The maximum atomic E-state index is 11.2. The number of anilines is 2. The first-order valence-electron chi connectivity index (χ1n) is 6.60. The molecule has 23 heavy (non-hydrogen) atoms. The number of hydrogen-bond acceptors (Lipinski definition) is 6. The van der Waals surface area contributed by atoms with Crippen molar-refractivity contribution in [2.45, 2.75) is 0 Å². The molecule has 3 aromatic rings. The molecule has 0 unspecified atom stereocenters. The molecule has 0 atom stereocenters. The molecule has 114 valence electrons. The van der Waals surface area contributed by atoms with Gasteiger partial charge in [-0.25, -0.2) is 9.97 Å². The van der Waals surface area contributed by atoms with E-state index in [1.165, 1.54) is 18.6 Å². The average molecular weight is 327 g/mol. The van der Waals surface area contributed by atoms with Gasteiger partial charge in [-0.1, -0.05) is 17.7 Å². The van der Waals surface area contributed by atoms with Crippen molar-refractivity contribution in [2.75, 3.05) is 5.32 Å². The minimum absolute atomic E-state index is 0.146. The molecule has 7 nitrogen and oxygen atoms in total. The molecule has 8 heteroatoms. The van der Waals surface area contributed by atoms with E-state index < -0.39 is 5.91 Å². The number of carbonyl (C=O) groups is 1. The van der Waals surface area contributed by atoms with Gasteiger partial charge in [0, 0.05) is 22.5 Å². The number of nitrogens with two attached hydrogens (primary N) is 1. The zero-order valence-corrected chi connectivity index (χ0v) is 12.5. The van der Waals surface area contributed by atoms with Crippen molar-refractivity contribution in [1.29, 1.82) is 0 Å². The van der Waals surface area contributed by atoms with Crippen molar-refractivity contribution in [1.82, 2.24) is 19.9 Å². The number of benzene rings is 1. The Morgan fingerprint density at radius 3 is 2.78 bits per heavy atom. The Hall–Kier alpha value is -3.06. The molecule has 1 amide bonds. The Labute approximate surface area is 136 Å². The van der Waals surface area contributed by atoms with E-state index in [9.17, 15) is 4.79 Å². The van der Waals surface area contributed by atoms with E-state index in [2.05, 4.69) is 25.3 Å². The Morgan fingerprint density at radius 1 is 1.13 bits per heavy atom. The first-order valence-corrected chi connectivity index (χ1v) is 6.97. The van der Waals surface area contributed by atoms with E-state index in [1.54, 1.807) is 18.2 Å². The summed E-state index contributed by atoms with van der Waals surface area (Å²) in [4.78, 5) is 27.6. The van der Waals surface area contributed by atoms with Gasteiger partial charge in [-0.05, 0) is 30.3 Å². The molecule has 3 N–H and O–H groups in total. The number of hydrogen-bond donors (Lipinski definition) is 2. The zero-order valence-electron chi connectivity index (χ0n) is 11.8.